The minimum absolute atomic E-state index is 0.0164. The van der Waals surface area contributed by atoms with Gasteiger partial charge in [0.2, 0.25) is 11.7 Å². The molecule has 0 fully saturated rings. The molecule has 4 aromatic rings. The Balaban J connectivity index is 1.65. The molecule has 0 aliphatic carbocycles. The molecule has 16 heteroatoms. The van der Waals surface area contributed by atoms with Gasteiger partial charge in [-0.25, -0.2) is 4.39 Å². The van der Waals surface area contributed by atoms with Crippen LogP contribution < -0.4 is 16.2 Å². The summed E-state index contributed by atoms with van der Waals surface area (Å²) in [5, 5.41) is 8.99. The zero-order valence-corrected chi connectivity index (χ0v) is 24.9. The molecule has 1 aliphatic rings. The number of anilines is 2. The van der Waals surface area contributed by atoms with Crippen LogP contribution in [-0.2, 0) is 33.5 Å². The van der Waals surface area contributed by atoms with Gasteiger partial charge < -0.3 is 19.9 Å². The maximum Gasteiger partial charge on any atom is 0.416 e. The van der Waals surface area contributed by atoms with Gasteiger partial charge in [-0.15, -0.1) is 5.10 Å². The second-order valence-corrected chi connectivity index (χ2v) is 10.6. The smallest absolute Gasteiger partial charge is 0.377 e. The number of aromatic nitrogens is 4. The average molecular weight is 667 g/mol. The van der Waals surface area contributed by atoms with Crippen molar-refractivity contribution in [1.82, 2.24) is 19.2 Å². The number of nitrogens with zero attached hydrogens (tertiary/aromatic N) is 4. The largest absolute Gasteiger partial charge is 0.416 e. The van der Waals surface area contributed by atoms with E-state index in [1.54, 1.807) is 25.1 Å². The molecular weight excluding hydrogens is 643 g/mol. The fourth-order valence-corrected chi connectivity index (χ4v) is 5.18. The highest BCUT2D eigenvalue weighted by Gasteiger charge is 2.31. The van der Waals surface area contributed by atoms with Crippen molar-refractivity contribution < 1.29 is 31.9 Å². The molecule has 5 rings (SSSR count). The van der Waals surface area contributed by atoms with E-state index in [4.69, 9.17) is 27.9 Å². The number of ether oxygens (including phenoxy) is 1. The maximum absolute atomic E-state index is 14.0. The fraction of sp³-hybridized carbons (Fsp3) is 0.276. The molecule has 2 N–H and O–H groups in total. The Morgan fingerprint density at radius 1 is 1.13 bits per heavy atom. The molecule has 1 aliphatic heterocycles. The van der Waals surface area contributed by atoms with Crippen LogP contribution in [0.5, 0.6) is 0 Å². The van der Waals surface area contributed by atoms with Gasteiger partial charge in [-0.05, 0) is 42.7 Å². The van der Waals surface area contributed by atoms with Gasteiger partial charge in [-0.2, -0.15) is 22.7 Å². The SMILES string of the molecule is CCc1c(-c2ccccc2NC(=O)C(F)Cl)c(=O)n2nc(C3=CCOCC3)nc2n1CC(=O)Nc1ccc(C(F)(F)F)cc1Cl. The van der Waals surface area contributed by atoms with Gasteiger partial charge in [0.05, 0.1) is 35.1 Å². The highest BCUT2D eigenvalue weighted by Crippen LogP contribution is 2.34. The van der Waals surface area contributed by atoms with Gasteiger partial charge in [0.15, 0.2) is 5.82 Å². The van der Waals surface area contributed by atoms with Crippen LogP contribution in [0, 0.1) is 0 Å². The predicted octanol–water partition coefficient (Wildman–Crippen LogP) is 5.71. The van der Waals surface area contributed by atoms with Crippen LogP contribution in [0.1, 0.15) is 30.4 Å². The molecule has 10 nitrogen and oxygen atoms in total. The summed E-state index contributed by atoms with van der Waals surface area (Å²) in [6.07, 6.45) is -2.20. The summed E-state index contributed by atoms with van der Waals surface area (Å²) in [6.45, 7) is 2.00. The van der Waals surface area contributed by atoms with Crippen molar-refractivity contribution in [2.45, 2.75) is 38.1 Å². The molecule has 1 atom stereocenters. The van der Waals surface area contributed by atoms with Crippen molar-refractivity contribution >= 4 is 57.7 Å². The van der Waals surface area contributed by atoms with Gasteiger partial charge in [0, 0.05) is 16.9 Å². The lowest BCUT2D eigenvalue weighted by molar-refractivity contribution is -0.137. The Morgan fingerprint density at radius 3 is 2.53 bits per heavy atom. The summed E-state index contributed by atoms with van der Waals surface area (Å²) < 4.78 is 60.7. The Labute approximate surface area is 262 Å². The van der Waals surface area contributed by atoms with E-state index in [-0.39, 0.29) is 45.5 Å². The number of carbonyl (C=O) groups is 2. The average Bonchev–Trinajstić information content (AvgIpc) is 3.46. The number of alkyl halides is 5. The summed E-state index contributed by atoms with van der Waals surface area (Å²) in [5.74, 6) is -1.59. The quantitative estimate of drug-likeness (QED) is 0.184. The summed E-state index contributed by atoms with van der Waals surface area (Å²) >= 11 is 11.4. The highest BCUT2D eigenvalue weighted by molar-refractivity contribution is 6.33. The second-order valence-electron chi connectivity index (χ2n) is 9.84. The van der Waals surface area contributed by atoms with Gasteiger partial charge in [-0.1, -0.05) is 54.4 Å². The summed E-state index contributed by atoms with van der Waals surface area (Å²) in [7, 11) is 0. The second kappa shape index (κ2) is 13.0. The lowest BCUT2D eigenvalue weighted by Gasteiger charge is -2.19. The third-order valence-corrected chi connectivity index (χ3v) is 7.47. The van der Waals surface area contributed by atoms with E-state index < -0.39 is 41.3 Å². The molecule has 0 saturated carbocycles. The molecule has 0 saturated heterocycles. The third kappa shape index (κ3) is 6.72. The topological polar surface area (TPSA) is 120 Å². The summed E-state index contributed by atoms with van der Waals surface area (Å²) in [4.78, 5) is 44.1. The van der Waals surface area contributed by atoms with Crippen LogP contribution in [0.4, 0.5) is 28.9 Å². The zero-order valence-electron chi connectivity index (χ0n) is 23.4. The van der Waals surface area contributed by atoms with Gasteiger partial charge >= 0.3 is 6.18 Å². The Kier molecular flexibility index (Phi) is 9.28. The maximum atomic E-state index is 14.0. The van der Waals surface area contributed by atoms with E-state index in [1.807, 2.05) is 0 Å². The minimum Gasteiger partial charge on any atom is -0.377 e. The number of carbonyl (C=O) groups excluding carboxylic acids is 2. The molecule has 0 radical (unpaired) electrons. The van der Waals surface area contributed by atoms with Crippen LogP contribution in [0.25, 0.3) is 22.5 Å². The number of amides is 2. The molecular formula is C29H24Cl2F4N6O4. The number of benzene rings is 2. The third-order valence-electron chi connectivity index (χ3n) is 6.96. The van der Waals surface area contributed by atoms with E-state index >= 15 is 0 Å². The number of rotatable bonds is 8. The first kappa shape index (κ1) is 32.1. The van der Waals surface area contributed by atoms with Crippen LogP contribution in [0.3, 0.4) is 0 Å². The van der Waals surface area contributed by atoms with E-state index in [0.29, 0.717) is 31.4 Å². The molecule has 2 aromatic carbocycles. The standard InChI is InChI=1S/C29H24Cl2F4N6O4/c1-2-21-23(17-5-3-4-6-19(17)37-26(43)24(31)32)27(44)41-28(38-25(39-41)15-9-11-45-12-10-15)40(21)14-22(42)36-20-8-7-16(13-18(20)30)29(33,34)35/h3-9,13,24H,2,10-12,14H2,1H3,(H,36,42)(H,37,43). The van der Waals surface area contributed by atoms with Crippen molar-refractivity contribution in [2.75, 3.05) is 23.8 Å². The lowest BCUT2D eigenvalue weighted by atomic mass is 10.0. The monoisotopic (exact) mass is 666 g/mol. The van der Waals surface area contributed by atoms with Crippen molar-refractivity contribution in [3.63, 3.8) is 0 Å². The first-order chi connectivity index (χ1) is 21.4. The van der Waals surface area contributed by atoms with Gasteiger partial charge in [0.25, 0.3) is 17.1 Å². The fourth-order valence-electron chi connectivity index (χ4n) is 4.89. The molecule has 3 heterocycles. The molecule has 2 aromatic heterocycles. The first-order valence-corrected chi connectivity index (χ1v) is 14.3. The molecule has 45 heavy (non-hydrogen) atoms. The van der Waals surface area contributed by atoms with E-state index in [1.165, 1.54) is 16.7 Å². The van der Waals surface area contributed by atoms with Gasteiger partial charge in [-0.3, -0.25) is 14.4 Å². The van der Waals surface area contributed by atoms with Crippen molar-refractivity contribution in [2.24, 2.45) is 0 Å². The molecule has 0 bridgehead atoms. The van der Waals surface area contributed by atoms with E-state index in [9.17, 15) is 31.9 Å². The van der Waals surface area contributed by atoms with Gasteiger partial charge in [0.1, 0.15) is 6.54 Å². The number of hydrogen-bond acceptors (Lipinski definition) is 6. The Morgan fingerprint density at radius 2 is 1.89 bits per heavy atom. The molecule has 0 spiro atoms. The lowest BCUT2D eigenvalue weighted by Crippen LogP contribution is -2.29. The van der Waals surface area contributed by atoms with Crippen molar-refractivity contribution in [3.8, 4) is 11.1 Å². The van der Waals surface area contributed by atoms with Crippen molar-refractivity contribution in [1.29, 1.82) is 0 Å². The van der Waals surface area contributed by atoms with Crippen LogP contribution in [0.2, 0.25) is 5.02 Å². The van der Waals surface area contributed by atoms with Crippen LogP contribution in [-0.4, -0.2) is 49.8 Å². The predicted molar refractivity (Wildman–Crippen MR) is 160 cm³/mol. The highest BCUT2D eigenvalue weighted by atomic mass is 35.5. The van der Waals surface area contributed by atoms with E-state index in [2.05, 4.69) is 20.7 Å². The number of para-hydroxylation sites is 1. The van der Waals surface area contributed by atoms with Crippen LogP contribution in [0.15, 0.2) is 53.3 Å². The van der Waals surface area contributed by atoms with Crippen molar-refractivity contribution in [3.05, 3.63) is 81.0 Å². The molecule has 1 unspecified atom stereocenters. The number of halogens is 6. The Bertz CT molecular complexity index is 1890. The Hall–Kier alpha value is -4.27. The number of hydrogen-bond donors (Lipinski definition) is 2. The molecule has 2 amide bonds. The van der Waals surface area contributed by atoms with Crippen LogP contribution >= 0.6 is 23.2 Å². The minimum atomic E-state index is -4.63. The summed E-state index contributed by atoms with van der Waals surface area (Å²) in [5.41, 5.74) is -2.66. The number of nitrogens with one attached hydrogen (secondary N) is 2. The molecule has 236 valence electrons. The normalized spacial score (nSPS) is 14.2. The summed E-state index contributed by atoms with van der Waals surface area (Å²) in [6, 6.07) is 8.68. The zero-order chi connectivity index (χ0) is 32.5. The van der Waals surface area contributed by atoms with E-state index in [0.717, 1.165) is 22.2 Å². The number of fused-ring (bicyclic) bond motifs is 1. The first-order valence-electron chi connectivity index (χ1n) is 13.5.